The number of carbonyl (C=O) groups is 1. The third kappa shape index (κ3) is 4.84. The first kappa shape index (κ1) is 23.1. The smallest absolute Gasteiger partial charge is 0.339 e. The molecule has 0 saturated carbocycles. The van der Waals surface area contributed by atoms with Crippen LogP contribution >= 0.6 is 11.6 Å². The van der Waals surface area contributed by atoms with E-state index in [1.165, 1.54) is 22.5 Å². The molecule has 8 nitrogen and oxygen atoms in total. The van der Waals surface area contributed by atoms with Gasteiger partial charge in [0.15, 0.2) is 0 Å². The summed E-state index contributed by atoms with van der Waals surface area (Å²) in [5, 5.41) is 0.108. The standard InChI is InChI=1S/C21H24ClN3O5S/c1-3-24(4-2)31(28,29)15-10-11-17(22)16(14-15)20(26)30-13-7-12-25-19-9-6-5-8-18(19)23-21(25)27/h5-6,8-11,14H,3-4,7,12-13H2,1-2H3,(H,23,27). The Hall–Kier alpha value is -2.62. The molecule has 0 fully saturated rings. The molecule has 3 rings (SSSR count). The number of aromatic amines is 1. The largest absolute Gasteiger partial charge is 0.462 e. The van der Waals surface area contributed by atoms with E-state index in [0.29, 0.717) is 26.1 Å². The number of halogens is 1. The van der Waals surface area contributed by atoms with Gasteiger partial charge in [-0.25, -0.2) is 18.0 Å². The van der Waals surface area contributed by atoms with Gasteiger partial charge in [-0.2, -0.15) is 4.31 Å². The quantitative estimate of drug-likeness (QED) is 0.386. The van der Waals surface area contributed by atoms with Crippen molar-refractivity contribution in [1.82, 2.24) is 13.9 Å². The number of ether oxygens (including phenoxy) is 1. The fraction of sp³-hybridized carbons (Fsp3) is 0.333. The molecule has 0 aliphatic carbocycles. The molecule has 3 aromatic rings. The third-order valence-corrected chi connectivity index (χ3v) is 7.32. The van der Waals surface area contributed by atoms with Gasteiger partial charge in [-0.15, -0.1) is 0 Å². The Kier molecular flexibility index (Phi) is 7.19. The Labute approximate surface area is 185 Å². The van der Waals surface area contributed by atoms with E-state index in [1.54, 1.807) is 18.4 Å². The number of esters is 1. The molecule has 0 radical (unpaired) electrons. The number of hydrogen-bond acceptors (Lipinski definition) is 5. The molecule has 10 heteroatoms. The lowest BCUT2D eigenvalue weighted by Gasteiger charge is -2.19. The first-order chi connectivity index (χ1) is 14.8. The maximum Gasteiger partial charge on any atom is 0.339 e. The second-order valence-electron chi connectivity index (χ2n) is 6.82. The number of sulfonamides is 1. The van der Waals surface area contributed by atoms with Crippen LogP contribution < -0.4 is 5.69 Å². The maximum absolute atomic E-state index is 12.7. The molecule has 166 valence electrons. The Morgan fingerprint density at radius 3 is 2.58 bits per heavy atom. The van der Waals surface area contributed by atoms with Gasteiger partial charge in [0.1, 0.15) is 0 Å². The van der Waals surface area contributed by atoms with E-state index >= 15 is 0 Å². The lowest BCUT2D eigenvalue weighted by Crippen LogP contribution is -2.30. The van der Waals surface area contributed by atoms with Gasteiger partial charge in [-0.05, 0) is 36.8 Å². The Morgan fingerprint density at radius 2 is 1.87 bits per heavy atom. The fourth-order valence-corrected chi connectivity index (χ4v) is 5.01. The summed E-state index contributed by atoms with van der Waals surface area (Å²) in [6.07, 6.45) is 0.405. The Morgan fingerprint density at radius 1 is 1.16 bits per heavy atom. The van der Waals surface area contributed by atoms with Crippen LogP contribution in [0, 0.1) is 0 Å². The van der Waals surface area contributed by atoms with Gasteiger partial charge in [0.2, 0.25) is 10.0 Å². The lowest BCUT2D eigenvalue weighted by molar-refractivity contribution is 0.0496. The highest BCUT2D eigenvalue weighted by molar-refractivity contribution is 7.89. The van der Waals surface area contributed by atoms with E-state index in [9.17, 15) is 18.0 Å². The first-order valence-corrected chi connectivity index (χ1v) is 11.8. The zero-order valence-corrected chi connectivity index (χ0v) is 18.9. The van der Waals surface area contributed by atoms with E-state index in [0.717, 1.165) is 11.0 Å². The normalized spacial score (nSPS) is 11.9. The van der Waals surface area contributed by atoms with Crippen molar-refractivity contribution in [1.29, 1.82) is 0 Å². The summed E-state index contributed by atoms with van der Waals surface area (Å²) in [5.74, 6) is -0.715. The van der Waals surface area contributed by atoms with Crippen molar-refractivity contribution in [3.8, 4) is 0 Å². The predicted octanol–water partition coefficient (Wildman–Crippen LogP) is 3.26. The number of para-hydroxylation sites is 2. The molecule has 31 heavy (non-hydrogen) atoms. The minimum Gasteiger partial charge on any atom is -0.462 e. The van der Waals surface area contributed by atoms with Gasteiger partial charge in [0.05, 0.1) is 33.1 Å². The number of aryl methyl sites for hydroxylation is 1. The summed E-state index contributed by atoms with van der Waals surface area (Å²) in [4.78, 5) is 27.3. The van der Waals surface area contributed by atoms with Crippen LogP contribution in [-0.2, 0) is 21.3 Å². The zero-order chi connectivity index (χ0) is 22.6. The highest BCUT2D eigenvalue weighted by Crippen LogP contribution is 2.24. The summed E-state index contributed by atoms with van der Waals surface area (Å²) >= 11 is 6.11. The topological polar surface area (TPSA) is 101 Å². The van der Waals surface area contributed by atoms with E-state index in [2.05, 4.69) is 4.98 Å². The number of H-pyrrole nitrogens is 1. The van der Waals surface area contributed by atoms with Crippen molar-refractivity contribution >= 4 is 38.6 Å². The van der Waals surface area contributed by atoms with Gasteiger partial charge in [-0.1, -0.05) is 37.6 Å². The minimum absolute atomic E-state index is 0.0147. The number of benzene rings is 2. The van der Waals surface area contributed by atoms with Crippen LogP contribution in [0.25, 0.3) is 11.0 Å². The van der Waals surface area contributed by atoms with Gasteiger partial charge < -0.3 is 9.72 Å². The predicted molar refractivity (Wildman–Crippen MR) is 119 cm³/mol. The third-order valence-electron chi connectivity index (χ3n) is 4.94. The summed E-state index contributed by atoms with van der Waals surface area (Å²) in [6.45, 7) is 4.52. The molecule has 0 aliphatic heterocycles. The maximum atomic E-state index is 12.7. The van der Waals surface area contributed by atoms with Crippen molar-refractivity contribution in [2.45, 2.75) is 31.7 Å². The average Bonchev–Trinajstić information content (AvgIpc) is 3.07. The number of aromatic nitrogens is 2. The molecule has 0 amide bonds. The first-order valence-electron chi connectivity index (χ1n) is 9.94. The average molecular weight is 466 g/mol. The van der Waals surface area contributed by atoms with E-state index in [4.69, 9.17) is 16.3 Å². The highest BCUT2D eigenvalue weighted by Gasteiger charge is 2.24. The lowest BCUT2D eigenvalue weighted by atomic mass is 10.2. The Balaban J connectivity index is 1.68. The van der Waals surface area contributed by atoms with Gasteiger partial charge >= 0.3 is 11.7 Å². The van der Waals surface area contributed by atoms with Gasteiger partial charge in [0, 0.05) is 19.6 Å². The zero-order valence-electron chi connectivity index (χ0n) is 17.3. The van der Waals surface area contributed by atoms with Crippen molar-refractivity contribution < 1.29 is 17.9 Å². The van der Waals surface area contributed by atoms with Crippen molar-refractivity contribution in [2.24, 2.45) is 0 Å². The number of imidazole rings is 1. The molecule has 0 saturated heterocycles. The molecule has 1 N–H and O–H groups in total. The molecule has 0 bridgehead atoms. The van der Waals surface area contributed by atoms with Crippen LogP contribution in [0.5, 0.6) is 0 Å². The van der Waals surface area contributed by atoms with E-state index in [1.807, 2.05) is 24.3 Å². The number of rotatable bonds is 9. The SMILES string of the molecule is CCN(CC)S(=O)(=O)c1ccc(Cl)c(C(=O)OCCCn2c(=O)[nH]c3ccccc32)c1. The molecular formula is C21H24ClN3O5S. The van der Waals surface area contributed by atoms with Crippen LogP contribution in [0.4, 0.5) is 0 Å². The molecule has 1 heterocycles. The summed E-state index contributed by atoms with van der Waals surface area (Å²) in [6, 6.07) is 11.3. The van der Waals surface area contributed by atoms with Crippen LogP contribution in [0.3, 0.4) is 0 Å². The Bertz CT molecular complexity index is 1250. The molecule has 0 atom stereocenters. The van der Waals surface area contributed by atoms with Gasteiger partial charge in [-0.3, -0.25) is 4.57 Å². The van der Waals surface area contributed by atoms with Crippen LogP contribution in [0.15, 0.2) is 52.2 Å². The number of nitrogens with zero attached hydrogens (tertiary/aromatic N) is 2. The number of hydrogen-bond donors (Lipinski definition) is 1. The van der Waals surface area contributed by atoms with Crippen LogP contribution in [0.2, 0.25) is 5.02 Å². The molecular weight excluding hydrogens is 442 g/mol. The van der Waals surface area contributed by atoms with Crippen molar-refractivity contribution in [2.75, 3.05) is 19.7 Å². The highest BCUT2D eigenvalue weighted by atomic mass is 35.5. The van der Waals surface area contributed by atoms with E-state index in [-0.39, 0.29) is 27.8 Å². The van der Waals surface area contributed by atoms with Crippen molar-refractivity contribution in [3.63, 3.8) is 0 Å². The monoisotopic (exact) mass is 465 g/mol. The second kappa shape index (κ2) is 9.67. The second-order valence-corrected chi connectivity index (χ2v) is 9.16. The number of carbonyl (C=O) groups excluding carboxylic acids is 1. The van der Waals surface area contributed by atoms with Crippen molar-refractivity contribution in [3.05, 3.63) is 63.5 Å². The summed E-state index contributed by atoms with van der Waals surface area (Å²) in [7, 11) is -3.73. The van der Waals surface area contributed by atoms with Crippen LogP contribution in [0.1, 0.15) is 30.6 Å². The summed E-state index contributed by atoms with van der Waals surface area (Å²) < 4.78 is 33.6. The van der Waals surface area contributed by atoms with Crippen LogP contribution in [-0.4, -0.2) is 47.9 Å². The van der Waals surface area contributed by atoms with Gasteiger partial charge in [0.25, 0.3) is 0 Å². The molecule has 0 aliphatic rings. The molecule has 1 aromatic heterocycles. The molecule has 0 unspecified atom stereocenters. The fourth-order valence-electron chi connectivity index (χ4n) is 3.33. The number of fused-ring (bicyclic) bond motifs is 1. The molecule has 0 spiro atoms. The van der Waals surface area contributed by atoms with E-state index < -0.39 is 16.0 Å². The number of nitrogens with one attached hydrogen (secondary N) is 1. The summed E-state index contributed by atoms with van der Waals surface area (Å²) in [5.41, 5.74) is 1.27. The minimum atomic E-state index is -3.73. The molecule has 2 aromatic carbocycles.